The molecule has 2 N–H and O–H groups in total. The fourth-order valence-corrected chi connectivity index (χ4v) is 3.80. The monoisotopic (exact) mass is 435 g/mol. The van der Waals surface area contributed by atoms with Gasteiger partial charge in [0.1, 0.15) is 0 Å². The van der Waals surface area contributed by atoms with Crippen molar-refractivity contribution in [1.82, 2.24) is 34.8 Å². The first-order valence-electron chi connectivity index (χ1n) is 10.3. The number of carbonyl (C=O) groups is 1. The molecule has 0 aliphatic carbocycles. The van der Waals surface area contributed by atoms with Gasteiger partial charge < -0.3 is 9.88 Å². The third kappa shape index (κ3) is 4.00. The van der Waals surface area contributed by atoms with Gasteiger partial charge in [0.15, 0.2) is 16.2 Å². The Morgan fingerprint density at radius 1 is 1.26 bits per heavy atom. The number of rotatable bonds is 6. The summed E-state index contributed by atoms with van der Waals surface area (Å²) in [6.45, 7) is 9.05. The molecule has 0 fully saturated rings. The fourth-order valence-electron chi connectivity index (χ4n) is 3.52. The van der Waals surface area contributed by atoms with Crippen LogP contribution in [0, 0.1) is 11.7 Å². The second-order valence-corrected chi connectivity index (χ2v) is 8.10. The molecule has 8 nitrogen and oxygen atoms in total. The molecule has 1 aromatic carbocycles. The number of H-pyrrole nitrogens is 1. The van der Waals surface area contributed by atoms with E-state index in [1.807, 2.05) is 67.3 Å². The van der Waals surface area contributed by atoms with Crippen molar-refractivity contribution in [3.63, 3.8) is 0 Å². The molecule has 9 heteroatoms. The summed E-state index contributed by atoms with van der Waals surface area (Å²) in [7, 11) is 0. The third-order valence-corrected chi connectivity index (χ3v) is 5.52. The van der Waals surface area contributed by atoms with E-state index in [2.05, 4.69) is 20.6 Å². The quantitative estimate of drug-likeness (QED) is 0.443. The SMILES string of the molecule is CCn1c(CNC(=O)c2cc(-c3ccc(C)cc3)nc3c2cnn3C(C)C)n[nH]c1=S. The minimum Gasteiger partial charge on any atom is -0.345 e. The van der Waals surface area contributed by atoms with Gasteiger partial charge in [-0.05, 0) is 46.0 Å². The number of carbonyl (C=O) groups excluding carboxylic acids is 1. The van der Waals surface area contributed by atoms with Crippen molar-refractivity contribution in [3.8, 4) is 11.3 Å². The highest BCUT2D eigenvalue weighted by atomic mass is 32.1. The summed E-state index contributed by atoms with van der Waals surface area (Å²) in [6.07, 6.45) is 1.71. The van der Waals surface area contributed by atoms with Crippen LogP contribution in [0.1, 0.15) is 48.6 Å². The molecule has 160 valence electrons. The van der Waals surface area contributed by atoms with Gasteiger partial charge in [-0.15, -0.1) is 0 Å². The minimum atomic E-state index is -0.208. The molecule has 3 aromatic heterocycles. The lowest BCUT2D eigenvalue weighted by atomic mass is 10.1. The largest absolute Gasteiger partial charge is 0.345 e. The third-order valence-electron chi connectivity index (χ3n) is 5.21. The van der Waals surface area contributed by atoms with Crippen LogP contribution in [0.25, 0.3) is 22.3 Å². The van der Waals surface area contributed by atoms with Crippen molar-refractivity contribution in [1.29, 1.82) is 0 Å². The van der Waals surface area contributed by atoms with Gasteiger partial charge in [-0.25, -0.2) is 9.67 Å². The van der Waals surface area contributed by atoms with Crippen molar-refractivity contribution in [3.05, 3.63) is 58.3 Å². The number of fused-ring (bicyclic) bond motifs is 1. The van der Waals surface area contributed by atoms with Gasteiger partial charge in [0.25, 0.3) is 5.91 Å². The molecule has 0 spiro atoms. The molecule has 4 rings (SSSR count). The number of aromatic nitrogens is 6. The zero-order chi connectivity index (χ0) is 22.1. The van der Waals surface area contributed by atoms with Crippen LogP contribution in [0.4, 0.5) is 0 Å². The summed E-state index contributed by atoms with van der Waals surface area (Å²) in [6, 6.07) is 10.0. The van der Waals surface area contributed by atoms with E-state index >= 15 is 0 Å². The van der Waals surface area contributed by atoms with Crippen LogP contribution >= 0.6 is 12.2 Å². The molecule has 0 saturated heterocycles. The Hall–Kier alpha value is -3.33. The number of aromatic amines is 1. The topological polar surface area (TPSA) is 93.4 Å². The number of amides is 1. The maximum absolute atomic E-state index is 13.2. The highest BCUT2D eigenvalue weighted by Crippen LogP contribution is 2.26. The molecule has 0 radical (unpaired) electrons. The molecule has 1 amide bonds. The van der Waals surface area contributed by atoms with Crippen LogP contribution in [0.2, 0.25) is 0 Å². The Morgan fingerprint density at radius 3 is 2.68 bits per heavy atom. The van der Waals surface area contributed by atoms with Crippen LogP contribution in [-0.4, -0.2) is 35.4 Å². The number of benzene rings is 1. The number of nitrogens with zero attached hydrogens (tertiary/aromatic N) is 5. The van der Waals surface area contributed by atoms with Crippen molar-refractivity contribution >= 4 is 29.2 Å². The van der Waals surface area contributed by atoms with Crippen LogP contribution in [-0.2, 0) is 13.1 Å². The fraction of sp³-hybridized carbons (Fsp3) is 0.318. The maximum atomic E-state index is 13.2. The molecule has 0 aliphatic rings. The van der Waals surface area contributed by atoms with Gasteiger partial charge in [0.2, 0.25) is 0 Å². The normalized spacial score (nSPS) is 11.4. The van der Waals surface area contributed by atoms with E-state index in [0.717, 1.165) is 16.6 Å². The summed E-state index contributed by atoms with van der Waals surface area (Å²) in [5.74, 6) is 0.475. The van der Waals surface area contributed by atoms with Gasteiger partial charge in [-0.3, -0.25) is 9.89 Å². The first-order valence-corrected chi connectivity index (χ1v) is 10.7. The zero-order valence-corrected chi connectivity index (χ0v) is 18.8. The lowest BCUT2D eigenvalue weighted by Gasteiger charge is -2.11. The molecule has 0 bridgehead atoms. The lowest BCUT2D eigenvalue weighted by Crippen LogP contribution is -2.25. The summed E-state index contributed by atoms with van der Waals surface area (Å²) in [5.41, 5.74) is 4.07. The highest BCUT2D eigenvalue weighted by molar-refractivity contribution is 7.71. The predicted molar refractivity (Wildman–Crippen MR) is 122 cm³/mol. The Kier molecular flexibility index (Phi) is 5.69. The summed E-state index contributed by atoms with van der Waals surface area (Å²) < 4.78 is 4.23. The van der Waals surface area contributed by atoms with E-state index in [1.54, 1.807) is 6.20 Å². The van der Waals surface area contributed by atoms with Gasteiger partial charge in [0.05, 0.1) is 29.4 Å². The molecular formula is C22H25N7OS. The van der Waals surface area contributed by atoms with Crippen LogP contribution in [0.3, 0.4) is 0 Å². The number of aryl methyl sites for hydroxylation is 1. The molecule has 0 saturated carbocycles. The van der Waals surface area contributed by atoms with Crippen LogP contribution in [0.15, 0.2) is 36.5 Å². The molecular weight excluding hydrogens is 410 g/mol. The Labute approximate surface area is 185 Å². The van der Waals surface area contributed by atoms with Crippen molar-refractivity contribution in [2.45, 2.75) is 46.8 Å². The molecule has 31 heavy (non-hydrogen) atoms. The Balaban J connectivity index is 1.75. The molecule has 0 unspecified atom stereocenters. The van der Waals surface area contributed by atoms with Gasteiger partial charge in [-0.2, -0.15) is 10.2 Å². The lowest BCUT2D eigenvalue weighted by molar-refractivity contribution is 0.0951. The Morgan fingerprint density at radius 2 is 2.00 bits per heavy atom. The Bertz CT molecular complexity index is 1300. The predicted octanol–water partition coefficient (Wildman–Crippen LogP) is 4.19. The maximum Gasteiger partial charge on any atom is 0.252 e. The summed E-state index contributed by atoms with van der Waals surface area (Å²) >= 11 is 5.23. The van der Waals surface area contributed by atoms with Gasteiger partial charge in [0, 0.05) is 18.2 Å². The first-order chi connectivity index (χ1) is 14.9. The molecule has 3 heterocycles. The molecule has 0 aliphatic heterocycles. The van der Waals surface area contributed by atoms with Gasteiger partial charge in [-0.1, -0.05) is 29.8 Å². The summed E-state index contributed by atoms with van der Waals surface area (Å²) in [5, 5.41) is 15.2. The van der Waals surface area contributed by atoms with Crippen molar-refractivity contribution in [2.24, 2.45) is 0 Å². The zero-order valence-electron chi connectivity index (χ0n) is 18.0. The average Bonchev–Trinajstić information content (AvgIpc) is 3.34. The standard InChI is InChI=1S/C22H25N7OS/c1-5-28-19(26-27-22(28)31)12-23-21(30)16-10-18(15-8-6-14(4)7-9-15)25-20-17(16)11-24-29(20)13(2)3/h6-11,13H,5,12H2,1-4H3,(H,23,30)(H,27,31). The van der Waals surface area contributed by atoms with E-state index in [4.69, 9.17) is 17.2 Å². The number of hydrogen-bond donors (Lipinski definition) is 2. The number of hydrogen-bond acceptors (Lipinski definition) is 5. The van der Waals surface area contributed by atoms with Crippen molar-refractivity contribution < 1.29 is 4.79 Å². The minimum absolute atomic E-state index is 0.118. The van der Waals surface area contributed by atoms with E-state index < -0.39 is 0 Å². The summed E-state index contributed by atoms with van der Waals surface area (Å²) in [4.78, 5) is 18.0. The second kappa shape index (κ2) is 8.43. The van der Waals surface area contributed by atoms with E-state index in [-0.39, 0.29) is 18.5 Å². The second-order valence-electron chi connectivity index (χ2n) is 7.71. The van der Waals surface area contributed by atoms with E-state index in [0.29, 0.717) is 28.4 Å². The van der Waals surface area contributed by atoms with E-state index in [9.17, 15) is 4.79 Å². The van der Waals surface area contributed by atoms with Crippen molar-refractivity contribution in [2.75, 3.05) is 0 Å². The molecule has 4 aromatic rings. The average molecular weight is 436 g/mol. The highest BCUT2D eigenvalue weighted by Gasteiger charge is 2.19. The molecule has 0 atom stereocenters. The first kappa shape index (κ1) is 20.9. The van der Waals surface area contributed by atoms with Crippen LogP contribution in [0.5, 0.6) is 0 Å². The van der Waals surface area contributed by atoms with Gasteiger partial charge >= 0.3 is 0 Å². The number of pyridine rings is 1. The van der Waals surface area contributed by atoms with Crippen LogP contribution < -0.4 is 5.32 Å². The van der Waals surface area contributed by atoms with E-state index in [1.165, 1.54) is 5.56 Å². The number of nitrogens with one attached hydrogen (secondary N) is 2. The smallest absolute Gasteiger partial charge is 0.252 e.